The van der Waals surface area contributed by atoms with Gasteiger partial charge in [0.1, 0.15) is 5.60 Å². The van der Waals surface area contributed by atoms with Crippen molar-refractivity contribution in [1.29, 1.82) is 0 Å². The monoisotopic (exact) mass is 391 g/mol. The van der Waals surface area contributed by atoms with Crippen LogP contribution in [0.1, 0.15) is 55.3 Å². The van der Waals surface area contributed by atoms with Crippen LogP contribution in [-0.4, -0.2) is 29.7 Å². The third-order valence-corrected chi connectivity index (χ3v) is 6.69. The molecule has 3 fully saturated rings. The van der Waals surface area contributed by atoms with Crippen LogP contribution in [0.5, 0.6) is 0 Å². The minimum absolute atomic E-state index is 0.115. The van der Waals surface area contributed by atoms with Crippen molar-refractivity contribution in [1.82, 2.24) is 4.90 Å². The van der Waals surface area contributed by atoms with Crippen LogP contribution in [0.4, 0.5) is 4.79 Å². The second-order valence-electron chi connectivity index (χ2n) is 9.28. The molecule has 4 heteroatoms. The molecule has 2 aromatic rings. The van der Waals surface area contributed by atoms with Crippen LogP contribution in [0.25, 0.3) is 0 Å². The van der Waals surface area contributed by atoms with Crippen LogP contribution in [-0.2, 0) is 15.1 Å². The smallest absolute Gasteiger partial charge is 0.411 e. The Bertz CT molecular complexity index is 886. The molecule has 2 aliphatic heterocycles. The van der Waals surface area contributed by atoms with Crippen LogP contribution in [0, 0.1) is 12.8 Å². The molecule has 29 heavy (non-hydrogen) atoms. The van der Waals surface area contributed by atoms with E-state index in [0.29, 0.717) is 18.9 Å². The molecule has 0 bridgehead atoms. The van der Waals surface area contributed by atoms with Crippen LogP contribution in [0.15, 0.2) is 54.6 Å². The van der Waals surface area contributed by atoms with Crippen molar-refractivity contribution in [3.63, 3.8) is 0 Å². The summed E-state index contributed by atoms with van der Waals surface area (Å²) in [6.45, 7) is 5.65. The average molecular weight is 392 g/mol. The molecule has 0 aromatic heterocycles. The number of hydrogen-bond donors (Lipinski definition) is 0. The van der Waals surface area contributed by atoms with Crippen LogP contribution in [0.2, 0.25) is 0 Å². The second kappa shape index (κ2) is 6.88. The minimum Gasteiger partial charge on any atom is -0.438 e. The van der Waals surface area contributed by atoms with Crippen LogP contribution < -0.4 is 0 Å². The number of carbonyl (C=O) groups excluding carboxylic acids is 1. The zero-order valence-corrected chi connectivity index (χ0v) is 17.3. The zero-order valence-electron chi connectivity index (χ0n) is 17.3. The number of rotatable bonds is 6. The van der Waals surface area contributed by atoms with E-state index in [4.69, 9.17) is 9.47 Å². The molecule has 0 radical (unpaired) electrons. The molecule has 3 unspecified atom stereocenters. The molecule has 152 valence electrons. The van der Waals surface area contributed by atoms with E-state index in [1.807, 2.05) is 23.1 Å². The Hall–Kier alpha value is -2.33. The Morgan fingerprint density at radius 3 is 2.38 bits per heavy atom. The molecular weight excluding hydrogens is 362 g/mol. The molecule has 2 aromatic carbocycles. The highest BCUT2D eigenvalue weighted by atomic mass is 16.6. The summed E-state index contributed by atoms with van der Waals surface area (Å²) in [5.74, 6) is 0.541. The normalized spacial score (nSPS) is 30.0. The lowest BCUT2D eigenvalue weighted by atomic mass is 9.81. The van der Waals surface area contributed by atoms with Gasteiger partial charge in [0.2, 0.25) is 0 Å². The fourth-order valence-electron chi connectivity index (χ4n) is 4.80. The molecule has 2 saturated heterocycles. The standard InChI is InChI=1S/C25H29NO3/c1-18-8-10-19(11-9-18)22(20-12-13-20)26-15-14-25(29-23(26)27,16-24(2)17-28-24)21-6-4-3-5-7-21/h3-11,20,22H,12-17H2,1-2H3. The maximum absolute atomic E-state index is 13.4. The molecule has 1 saturated carbocycles. The van der Waals surface area contributed by atoms with Gasteiger partial charge in [-0.25, -0.2) is 4.79 Å². The highest BCUT2D eigenvalue weighted by molar-refractivity contribution is 5.70. The first-order valence-electron chi connectivity index (χ1n) is 10.7. The van der Waals surface area contributed by atoms with Gasteiger partial charge in [0, 0.05) is 19.4 Å². The predicted molar refractivity (Wildman–Crippen MR) is 112 cm³/mol. The Kier molecular flexibility index (Phi) is 4.43. The van der Waals surface area contributed by atoms with Crippen molar-refractivity contribution in [2.24, 2.45) is 5.92 Å². The molecular formula is C25H29NO3. The SMILES string of the molecule is Cc1ccc(C(C2CC2)N2CCC(CC3(C)CO3)(c3ccccc3)OC2=O)cc1. The number of aryl methyl sites for hydroxylation is 1. The number of carbonyl (C=O) groups is 1. The number of epoxide rings is 1. The van der Waals surface area contributed by atoms with E-state index in [-0.39, 0.29) is 17.7 Å². The fourth-order valence-corrected chi connectivity index (χ4v) is 4.80. The lowest BCUT2D eigenvalue weighted by Crippen LogP contribution is -2.51. The number of amides is 1. The molecule has 1 amide bonds. The van der Waals surface area contributed by atoms with Crippen molar-refractivity contribution in [3.8, 4) is 0 Å². The summed E-state index contributed by atoms with van der Waals surface area (Å²) in [6, 6.07) is 18.9. The Morgan fingerprint density at radius 1 is 1.10 bits per heavy atom. The fraction of sp³-hybridized carbons (Fsp3) is 0.480. The summed E-state index contributed by atoms with van der Waals surface area (Å²) in [6.07, 6.45) is 3.66. The number of cyclic esters (lactones) is 1. The first-order chi connectivity index (χ1) is 14.0. The topological polar surface area (TPSA) is 42.1 Å². The molecule has 2 heterocycles. The summed E-state index contributed by atoms with van der Waals surface area (Å²) in [7, 11) is 0. The molecule has 1 aliphatic carbocycles. The van der Waals surface area contributed by atoms with Gasteiger partial charge in [-0.2, -0.15) is 0 Å². The van der Waals surface area contributed by atoms with E-state index in [1.165, 1.54) is 24.0 Å². The molecule has 5 rings (SSSR count). The molecule has 0 N–H and O–H groups in total. The summed E-state index contributed by atoms with van der Waals surface area (Å²) in [4.78, 5) is 15.3. The van der Waals surface area contributed by atoms with E-state index in [9.17, 15) is 4.79 Å². The van der Waals surface area contributed by atoms with Crippen LogP contribution in [0.3, 0.4) is 0 Å². The first kappa shape index (κ1) is 18.7. The molecule has 0 spiro atoms. The summed E-state index contributed by atoms with van der Waals surface area (Å²) < 4.78 is 12.0. The van der Waals surface area contributed by atoms with Gasteiger partial charge in [0.05, 0.1) is 18.2 Å². The maximum atomic E-state index is 13.4. The van der Waals surface area contributed by atoms with Gasteiger partial charge in [-0.15, -0.1) is 0 Å². The van der Waals surface area contributed by atoms with E-state index in [0.717, 1.165) is 18.6 Å². The number of nitrogens with zero attached hydrogens (tertiary/aromatic N) is 1. The summed E-state index contributed by atoms with van der Waals surface area (Å²) in [5.41, 5.74) is 2.74. The number of benzene rings is 2. The summed E-state index contributed by atoms with van der Waals surface area (Å²) in [5, 5.41) is 0. The van der Waals surface area contributed by atoms with Crippen molar-refractivity contribution < 1.29 is 14.3 Å². The largest absolute Gasteiger partial charge is 0.438 e. The van der Waals surface area contributed by atoms with Crippen molar-refractivity contribution in [2.75, 3.05) is 13.2 Å². The number of ether oxygens (including phenoxy) is 2. The highest BCUT2D eigenvalue weighted by Gasteiger charge is 2.53. The first-order valence-corrected chi connectivity index (χ1v) is 10.7. The van der Waals surface area contributed by atoms with Gasteiger partial charge < -0.3 is 14.4 Å². The quantitative estimate of drug-likeness (QED) is 0.622. The van der Waals surface area contributed by atoms with E-state index >= 15 is 0 Å². The number of hydrogen-bond acceptors (Lipinski definition) is 3. The van der Waals surface area contributed by atoms with Gasteiger partial charge in [0.25, 0.3) is 0 Å². The van der Waals surface area contributed by atoms with Crippen molar-refractivity contribution in [3.05, 3.63) is 71.3 Å². The third kappa shape index (κ3) is 3.66. The van der Waals surface area contributed by atoms with E-state index in [2.05, 4.69) is 50.2 Å². The van der Waals surface area contributed by atoms with Gasteiger partial charge in [-0.05, 0) is 43.7 Å². The average Bonchev–Trinajstić information content (AvgIpc) is 3.65. The highest BCUT2D eigenvalue weighted by Crippen LogP contribution is 2.50. The van der Waals surface area contributed by atoms with Crippen molar-refractivity contribution >= 4 is 6.09 Å². The molecule has 3 aliphatic rings. The van der Waals surface area contributed by atoms with E-state index in [1.54, 1.807) is 0 Å². The Balaban J connectivity index is 1.43. The third-order valence-electron chi connectivity index (χ3n) is 6.69. The minimum atomic E-state index is -0.610. The Morgan fingerprint density at radius 2 is 1.79 bits per heavy atom. The predicted octanol–water partition coefficient (Wildman–Crippen LogP) is 5.36. The van der Waals surface area contributed by atoms with Gasteiger partial charge in [0.15, 0.2) is 0 Å². The van der Waals surface area contributed by atoms with E-state index < -0.39 is 5.60 Å². The summed E-state index contributed by atoms with van der Waals surface area (Å²) >= 11 is 0. The Labute approximate surface area is 172 Å². The lowest BCUT2D eigenvalue weighted by molar-refractivity contribution is -0.0780. The molecule has 3 atom stereocenters. The van der Waals surface area contributed by atoms with Gasteiger partial charge >= 0.3 is 6.09 Å². The maximum Gasteiger partial charge on any atom is 0.411 e. The zero-order chi connectivity index (χ0) is 20.1. The second-order valence-corrected chi connectivity index (χ2v) is 9.28. The van der Waals surface area contributed by atoms with Gasteiger partial charge in [-0.1, -0.05) is 60.2 Å². The van der Waals surface area contributed by atoms with Crippen LogP contribution >= 0.6 is 0 Å². The van der Waals surface area contributed by atoms with Crippen molar-refractivity contribution in [2.45, 2.75) is 56.8 Å². The van der Waals surface area contributed by atoms with Gasteiger partial charge in [-0.3, -0.25) is 0 Å². The lowest BCUT2D eigenvalue weighted by Gasteiger charge is -2.45. The molecule has 4 nitrogen and oxygen atoms in total.